The number of rotatable bonds is 28. The van der Waals surface area contributed by atoms with Crippen LogP contribution in [0.25, 0.3) is 0 Å². The van der Waals surface area contributed by atoms with Crippen LogP contribution >= 0.6 is 0 Å². The van der Waals surface area contributed by atoms with E-state index >= 15 is 0 Å². The zero-order valence-electron chi connectivity index (χ0n) is 37.0. The number of aliphatic carboxylic acids is 2. The van der Waals surface area contributed by atoms with Crippen molar-refractivity contribution in [1.29, 1.82) is 0 Å². The molecule has 0 bridgehead atoms. The smallest absolute Gasteiger partial charge is 0.326 e. The number of nitrogens with zero attached hydrogens (tertiary/aromatic N) is 1. The molecule has 22 heteroatoms. The van der Waals surface area contributed by atoms with Gasteiger partial charge in [-0.3, -0.25) is 38.6 Å². The third-order valence-corrected chi connectivity index (χ3v) is 9.71. The van der Waals surface area contributed by atoms with E-state index in [4.69, 9.17) is 22.3 Å². The molecule has 0 spiro atoms. The van der Waals surface area contributed by atoms with E-state index < -0.39 is 103 Å². The largest absolute Gasteiger partial charge is 0.508 e. The summed E-state index contributed by atoms with van der Waals surface area (Å²) in [5, 5.41) is 53.4. The van der Waals surface area contributed by atoms with E-state index in [0.29, 0.717) is 17.5 Å². The average Bonchev–Trinajstić information content (AvgIpc) is 3.22. The second-order valence-electron chi connectivity index (χ2n) is 16.4. The Morgan fingerprint density at radius 3 is 1.46 bits per heavy atom. The van der Waals surface area contributed by atoms with E-state index in [0.717, 1.165) is 0 Å². The average molecular weight is 913 g/mol. The van der Waals surface area contributed by atoms with E-state index in [-0.39, 0.29) is 67.9 Å². The zero-order chi connectivity index (χ0) is 48.8. The summed E-state index contributed by atoms with van der Waals surface area (Å²) >= 11 is 0. The summed E-state index contributed by atoms with van der Waals surface area (Å²) in [6, 6.07) is 3.94. The number of hydrogen-bond donors (Lipinski definition) is 13. The lowest BCUT2D eigenvalue weighted by Gasteiger charge is -2.26. The van der Waals surface area contributed by atoms with Crippen molar-refractivity contribution in [2.75, 3.05) is 13.1 Å². The Labute approximate surface area is 376 Å². The highest BCUT2D eigenvalue weighted by molar-refractivity contribution is 5.96. The van der Waals surface area contributed by atoms with Crippen LogP contribution in [0.5, 0.6) is 11.5 Å². The van der Waals surface area contributed by atoms with Gasteiger partial charge in [-0.1, -0.05) is 52.0 Å². The van der Waals surface area contributed by atoms with Gasteiger partial charge in [0.05, 0.1) is 12.6 Å². The van der Waals surface area contributed by atoms with Crippen molar-refractivity contribution in [3.8, 4) is 11.5 Å². The molecule has 0 heterocycles. The van der Waals surface area contributed by atoms with Gasteiger partial charge in [-0.05, 0) is 79.3 Å². The topological polar surface area (TPSA) is 380 Å². The molecule has 0 aliphatic rings. The number of benzene rings is 2. The fourth-order valence-corrected chi connectivity index (χ4v) is 6.37. The maximum absolute atomic E-state index is 13.9. The van der Waals surface area contributed by atoms with Gasteiger partial charge in [0.1, 0.15) is 41.7 Å². The fourth-order valence-electron chi connectivity index (χ4n) is 6.37. The standard InChI is InChI=1S/C43H64N10O12/c1-23(2)18-31(52-41(63)34(21-26-9-13-28(55)14-10-26)51-37(59)29(44)6-5-17-47-43(45)46)38(60)48-22-35(56)49-33(20-25-7-11-27(54)12-8-25)40(62)53-32(19-24(3)4)39(61)50-30(42(64)65)15-16-36(57)58/h7-14,23-24,29-34,54-55H,5-6,15-22,44H2,1-4H3,(H,48,60)(H,49,56)(H,50,61)(H,51,59)(H,52,63)(H,53,62)(H,57,58)(H,64,65)(H4,45,46,47). The number of phenolic OH excluding ortho intramolecular Hbond substituents is 2. The van der Waals surface area contributed by atoms with Gasteiger partial charge in [0.25, 0.3) is 0 Å². The van der Waals surface area contributed by atoms with E-state index in [1.807, 2.05) is 0 Å². The number of phenols is 2. The Morgan fingerprint density at radius 2 is 1.02 bits per heavy atom. The Bertz CT molecular complexity index is 1960. The first-order chi connectivity index (χ1) is 30.5. The van der Waals surface area contributed by atoms with Gasteiger partial charge >= 0.3 is 11.9 Å². The number of hydrogen-bond acceptors (Lipinski definition) is 12. The molecular formula is C43H64N10O12. The highest BCUT2D eigenvalue weighted by atomic mass is 16.4. The Hall–Kier alpha value is -6.97. The molecule has 358 valence electrons. The van der Waals surface area contributed by atoms with Crippen molar-refractivity contribution in [1.82, 2.24) is 31.9 Å². The molecule has 6 unspecified atom stereocenters. The molecule has 2 rings (SSSR count). The Morgan fingerprint density at radius 1 is 0.585 bits per heavy atom. The highest BCUT2D eigenvalue weighted by Crippen LogP contribution is 2.15. The Kier molecular flexibility index (Phi) is 22.7. The quantitative estimate of drug-likeness (QED) is 0.0272. The molecule has 22 nitrogen and oxygen atoms in total. The minimum absolute atomic E-state index is 0.0216. The van der Waals surface area contributed by atoms with Gasteiger partial charge in [-0.15, -0.1) is 0 Å². The molecule has 0 aliphatic carbocycles. The predicted molar refractivity (Wildman–Crippen MR) is 238 cm³/mol. The maximum Gasteiger partial charge on any atom is 0.326 e. The predicted octanol–water partition coefficient (Wildman–Crippen LogP) is -1.15. The molecule has 0 radical (unpaired) electrons. The van der Waals surface area contributed by atoms with Crippen LogP contribution in [0.2, 0.25) is 0 Å². The van der Waals surface area contributed by atoms with E-state index in [1.165, 1.54) is 36.4 Å². The number of carboxylic acid groups (broad SMARTS) is 2. The molecule has 2 aromatic carbocycles. The van der Waals surface area contributed by atoms with Crippen LogP contribution in [-0.2, 0) is 51.2 Å². The minimum atomic E-state index is -1.56. The van der Waals surface area contributed by atoms with Crippen LogP contribution in [-0.4, -0.2) is 123 Å². The SMILES string of the molecule is CC(C)CC(NC(=O)C(Cc1ccc(O)cc1)NC(=O)C(N)CCCN=C(N)N)C(=O)NCC(=O)NC(Cc1ccc(O)cc1)C(=O)NC(CC(C)C)C(=O)NC(CCC(=O)O)C(=O)O. The van der Waals surface area contributed by atoms with E-state index in [9.17, 15) is 53.7 Å². The van der Waals surface area contributed by atoms with Crippen molar-refractivity contribution >= 4 is 53.3 Å². The van der Waals surface area contributed by atoms with Crippen molar-refractivity contribution in [3.05, 3.63) is 59.7 Å². The van der Waals surface area contributed by atoms with Crippen molar-refractivity contribution in [2.45, 2.75) is 115 Å². The van der Waals surface area contributed by atoms with Crippen molar-refractivity contribution in [3.63, 3.8) is 0 Å². The van der Waals surface area contributed by atoms with Crippen LogP contribution in [0.3, 0.4) is 0 Å². The molecule has 2 aromatic rings. The summed E-state index contributed by atoms with van der Waals surface area (Å²) in [6.45, 7) is 6.65. The van der Waals surface area contributed by atoms with Gasteiger partial charge < -0.3 is 69.5 Å². The van der Waals surface area contributed by atoms with Gasteiger partial charge in [-0.2, -0.15) is 0 Å². The van der Waals surface area contributed by atoms with Gasteiger partial charge in [0.2, 0.25) is 35.4 Å². The number of carboxylic acids is 2. The third kappa shape index (κ3) is 21.3. The number of nitrogens with two attached hydrogens (primary N) is 3. The molecule has 6 atom stereocenters. The first kappa shape index (κ1) is 54.2. The summed E-state index contributed by atoms with van der Waals surface area (Å²) in [6.07, 6.45) is -0.464. The van der Waals surface area contributed by atoms with Crippen molar-refractivity contribution < 1.29 is 58.8 Å². The highest BCUT2D eigenvalue weighted by Gasteiger charge is 2.32. The molecule has 65 heavy (non-hydrogen) atoms. The van der Waals surface area contributed by atoms with Crippen LogP contribution < -0.4 is 49.1 Å². The van der Waals surface area contributed by atoms with E-state index in [1.54, 1.807) is 39.8 Å². The molecule has 16 N–H and O–H groups in total. The maximum atomic E-state index is 13.9. The summed E-state index contributed by atoms with van der Waals surface area (Å²) in [7, 11) is 0. The van der Waals surface area contributed by atoms with Crippen LogP contribution in [0.1, 0.15) is 77.3 Å². The summed E-state index contributed by atoms with van der Waals surface area (Å²) in [5.74, 6) is -8.05. The van der Waals surface area contributed by atoms with Gasteiger partial charge in [-0.25, -0.2) is 4.79 Å². The number of carbonyl (C=O) groups is 8. The fraction of sp³-hybridized carbons (Fsp3) is 0.512. The lowest BCUT2D eigenvalue weighted by Crippen LogP contribution is -2.58. The van der Waals surface area contributed by atoms with E-state index in [2.05, 4.69) is 36.9 Å². The molecule has 0 saturated heterocycles. The number of guanidine groups is 1. The number of nitrogens with one attached hydrogen (secondary N) is 6. The number of carbonyl (C=O) groups excluding carboxylic acids is 6. The normalized spacial score (nSPS) is 13.8. The summed E-state index contributed by atoms with van der Waals surface area (Å²) < 4.78 is 0. The van der Waals surface area contributed by atoms with Crippen LogP contribution in [0, 0.1) is 11.8 Å². The number of amides is 6. The van der Waals surface area contributed by atoms with Crippen LogP contribution in [0.15, 0.2) is 53.5 Å². The monoisotopic (exact) mass is 912 g/mol. The van der Waals surface area contributed by atoms with Crippen molar-refractivity contribution in [2.24, 2.45) is 34.0 Å². The Balaban J connectivity index is 2.28. The number of aliphatic imine (C=N–C) groups is 1. The zero-order valence-corrected chi connectivity index (χ0v) is 37.0. The van der Waals surface area contributed by atoms with Gasteiger partial charge in [0, 0.05) is 25.8 Å². The minimum Gasteiger partial charge on any atom is -0.508 e. The molecule has 6 amide bonds. The molecule has 0 saturated carbocycles. The summed E-state index contributed by atoms with van der Waals surface area (Å²) in [4.78, 5) is 108. The molecular weight excluding hydrogens is 849 g/mol. The molecule has 0 aromatic heterocycles. The first-order valence-corrected chi connectivity index (χ1v) is 21.1. The number of aromatic hydroxyl groups is 2. The third-order valence-electron chi connectivity index (χ3n) is 9.71. The molecule has 0 aliphatic heterocycles. The lowest BCUT2D eigenvalue weighted by molar-refractivity contribution is -0.143. The second kappa shape index (κ2) is 27.3. The first-order valence-electron chi connectivity index (χ1n) is 21.1. The summed E-state index contributed by atoms with van der Waals surface area (Å²) in [5.41, 5.74) is 17.9. The van der Waals surface area contributed by atoms with Gasteiger partial charge in [0.15, 0.2) is 5.96 Å². The lowest BCUT2D eigenvalue weighted by atomic mass is 10.00. The molecule has 0 fully saturated rings. The van der Waals surface area contributed by atoms with Crippen LogP contribution in [0.4, 0.5) is 0 Å². The second-order valence-corrected chi connectivity index (χ2v) is 16.4.